The number of para-hydroxylation sites is 2. The normalized spacial score (nSPS) is 11.9. The number of halogens is 2. The first-order valence-corrected chi connectivity index (χ1v) is 13.5. The van der Waals surface area contributed by atoms with Gasteiger partial charge in [0.2, 0.25) is 11.8 Å². The van der Waals surface area contributed by atoms with Crippen molar-refractivity contribution in [2.45, 2.75) is 24.4 Å². The summed E-state index contributed by atoms with van der Waals surface area (Å²) in [6.07, 6.45) is 0. The molecule has 196 valence electrons. The molecule has 2 amide bonds. The maximum absolute atomic E-state index is 13.8. The molecule has 0 saturated carbocycles. The summed E-state index contributed by atoms with van der Waals surface area (Å²) < 4.78 is 33.9. The third kappa shape index (κ3) is 6.54. The van der Waals surface area contributed by atoms with Crippen molar-refractivity contribution in [3.8, 4) is 5.75 Å². The van der Waals surface area contributed by atoms with Crippen molar-refractivity contribution in [3.63, 3.8) is 0 Å². The second-order valence-electron chi connectivity index (χ2n) is 8.04. The summed E-state index contributed by atoms with van der Waals surface area (Å²) in [5, 5.41) is 3.26. The van der Waals surface area contributed by atoms with Crippen LogP contribution in [0.5, 0.6) is 5.75 Å². The van der Waals surface area contributed by atoms with Gasteiger partial charge in [-0.2, -0.15) is 0 Å². The van der Waals surface area contributed by atoms with Crippen molar-refractivity contribution < 1.29 is 22.7 Å². The number of sulfonamides is 1. The van der Waals surface area contributed by atoms with Gasteiger partial charge in [0.15, 0.2) is 0 Å². The quantitative estimate of drug-likeness (QED) is 0.395. The first-order chi connectivity index (χ1) is 17.6. The molecule has 0 aliphatic rings. The Hall–Kier alpha value is -3.27. The molecule has 0 spiro atoms. The standard InChI is InChI=1S/C26H27Cl2N3O5S/c1-18(26(33)29-2)30(16-19-13-14-20(27)15-22(19)28)25(32)17-31(23-11-7-8-12-24(23)36-3)37(34,35)21-9-5-4-6-10-21/h4-15,18H,16-17H2,1-3H3,(H,29,33). The predicted octanol–water partition coefficient (Wildman–Crippen LogP) is 4.36. The molecule has 0 aromatic heterocycles. The zero-order valence-electron chi connectivity index (χ0n) is 20.5. The zero-order chi connectivity index (χ0) is 27.2. The Bertz CT molecular complexity index is 1370. The number of rotatable bonds is 10. The Morgan fingerprint density at radius 1 is 1.00 bits per heavy atom. The first kappa shape index (κ1) is 28.3. The Morgan fingerprint density at radius 3 is 2.27 bits per heavy atom. The molecule has 3 aromatic rings. The van der Waals surface area contributed by atoms with Crippen molar-refractivity contribution in [1.29, 1.82) is 0 Å². The van der Waals surface area contributed by atoms with Crippen LogP contribution in [0, 0.1) is 0 Å². The molecule has 1 unspecified atom stereocenters. The number of likely N-dealkylation sites (N-methyl/N-ethyl adjacent to an activating group) is 1. The maximum atomic E-state index is 13.8. The largest absolute Gasteiger partial charge is 0.495 e. The highest BCUT2D eigenvalue weighted by Gasteiger charge is 2.33. The van der Waals surface area contributed by atoms with Gasteiger partial charge in [-0.25, -0.2) is 8.42 Å². The van der Waals surface area contributed by atoms with Crippen molar-refractivity contribution in [3.05, 3.63) is 88.4 Å². The van der Waals surface area contributed by atoms with Gasteiger partial charge < -0.3 is 15.0 Å². The van der Waals surface area contributed by atoms with E-state index in [9.17, 15) is 18.0 Å². The highest BCUT2D eigenvalue weighted by atomic mass is 35.5. The lowest BCUT2D eigenvalue weighted by Gasteiger charge is -2.32. The van der Waals surface area contributed by atoms with Crippen molar-refractivity contribution in [2.75, 3.05) is 25.0 Å². The fourth-order valence-electron chi connectivity index (χ4n) is 3.69. The number of nitrogens with one attached hydrogen (secondary N) is 1. The highest BCUT2D eigenvalue weighted by Crippen LogP contribution is 2.32. The van der Waals surface area contributed by atoms with Crippen molar-refractivity contribution >= 4 is 50.7 Å². The van der Waals surface area contributed by atoms with E-state index in [4.69, 9.17) is 27.9 Å². The summed E-state index contributed by atoms with van der Waals surface area (Å²) in [5.41, 5.74) is 0.726. The molecule has 0 fully saturated rings. The number of anilines is 1. The number of ether oxygens (including phenoxy) is 1. The smallest absolute Gasteiger partial charge is 0.264 e. The minimum absolute atomic E-state index is 0.000325. The minimum atomic E-state index is -4.19. The Labute approximate surface area is 226 Å². The molecule has 0 bridgehead atoms. The van der Waals surface area contributed by atoms with E-state index < -0.39 is 34.4 Å². The summed E-state index contributed by atoms with van der Waals surface area (Å²) in [5.74, 6) is -0.776. The van der Waals surface area contributed by atoms with Crippen LogP contribution in [0.15, 0.2) is 77.7 Å². The molecule has 0 heterocycles. The van der Waals surface area contributed by atoms with Crippen LogP contribution in [0.4, 0.5) is 5.69 Å². The van der Waals surface area contributed by atoms with E-state index in [1.54, 1.807) is 61.5 Å². The molecule has 11 heteroatoms. The second kappa shape index (κ2) is 12.3. The number of carbonyl (C=O) groups excluding carboxylic acids is 2. The van der Waals surface area contributed by atoms with Crippen molar-refractivity contribution in [2.24, 2.45) is 0 Å². The number of amides is 2. The van der Waals surface area contributed by atoms with Gasteiger partial charge in [-0.1, -0.05) is 59.6 Å². The number of hydrogen-bond donors (Lipinski definition) is 1. The van der Waals surface area contributed by atoms with E-state index in [2.05, 4.69) is 5.32 Å². The van der Waals surface area contributed by atoms with Crippen LogP contribution in [0.3, 0.4) is 0 Å². The van der Waals surface area contributed by atoms with E-state index in [0.717, 1.165) is 4.31 Å². The van der Waals surface area contributed by atoms with Gasteiger partial charge in [-0.15, -0.1) is 0 Å². The average Bonchev–Trinajstić information content (AvgIpc) is 2.90. The van der Waals surface area contributed by atoms with Gasteiger partial charge in [-0.3, -0.25) is 13.9 Å². The highest BCUT2D eigenvalue weighted by molar-refractivity contribution is 7.92. The fourth-order valence-corrected chi connectivity index (χ4v) is 5.61. The van der Waals surface area contributed by atoms with E-state index in [1.165, 1.54) is 37.3 Å². The number of methoxy groups -OCH3 is 1. The van der Waals surface area contributed by atoms with Gasteiger partial charge in [0.25, 0.3) is 10.0 Å². The van der Waals surface area contributed by atoms with Crippen LogP contribution in [0.1, 0.15) is 12.5 Å². The average molecular weight is 564 g/mol. The van der Waals surface area contributed by atoms with Crippen molar-refractivity contribution in [1.82, 2.24) is 10.2 Å². The van der Waals surface area contributed by atoms with Crippen LogP contribution in [0.25, 0.3) is 0 Å². The molecule has 0 radical (unpaired) electrons. The van der Waals surface area contributed by atoms with Gasteiger partial charge in [0.05, 0.1) is 17.7 Å². The number of hydrogen-bond acceptors (Lipinski definition) is 5. The first-order valence-electron chi connectivity index (χ1n) is 11.3. The maximum Gasteiger partial charge on any atom is 0.264 e. The molecule has 37 heavy (non-hydrogen) atoms. The van der Waals surface area contributed by atoms with Crippen LogP contribution >= 0.6 is 23.2 Å². The molecule has 3 aromatic carbocycles. The van der Waals surface area contributed by atoms with E-state index in [-0.39, 0.29) is 22.9 Å². The van der Waals surface area contributed by atoms with Crippen LogP contribution in [0.2, 0.25) is 10.0 Å². The third-order valence-electron chi connectivity index (χ3n) is 5.73. The number of nitrogens with zero attached hydrogens (tertiary/aromatic N) is 2. The molecule has 0 saturated heterocycles. The monoisotopic (exact) mass is 563 g/mol. The number of benzene rings is 3. The lowest BCUT2D eigenvalue weighted by molar-refractivity contribution is -0.139. The van der Waals surface area contributed by atoms with Crippen LogP contribution in [-0.2, 0) is 26.2 Å². The molecule has 0 aliphatic carbocycles. The second-order valence-corrected chi connectivity index (χ2v) is 10.8. The molecule has 0 aliphatic heterocycles. The summed E-state index contributed by atoms with van der Waals surface area (Å²) in [7, 11) is -1.32. The summed E-state index contributed by atoms with van der Waals surface area (Å²) in [4.78, 5) is 27.6. The minimum Gasteiger partial charge on any atom is -0.495 e. The van der Waals surface area contributed by atoms with Gasteiger partial charge in [0.1, 0.15) is 18.3 Å². The summed E-state index contributed by atoms with van der Waals surface area (Å²) in [6.45, 7) is 0.915. The molecular weight excluding hydrogens is 537 g/mol. The molecule has 1 atom stereocenters. The van der Waals surface area contributed by atoms with Gasteiger partial charge in [0, 0.05) is 23.6 Å². The summed E-state index contributed by atoms with van der Waals surface area (Å²) >= 11 is 12.4. The van der Waals surface area contributed by atoms with Gasteiger partial charge >= 0.3 is 0 Å². The number of carbonyl (C=O) groups is 2. The Kier molecular flexibility index (Phi) is 9.42. The lowest BCUT2D eigenvalue weighted by Crippen LogP contribution is -2.50. The van der Waals surface area contributed by atoms with Gasteiger partial charge in [-0.05, 0) is 48.9 Å². The van der Waals surface area contributed by atoms with E-state index in [1.807, 2.05) is 0 Å². The Morgan fingerprint density at radius 2 is 1.65 bits per heavy atom. The zero-order valence-corrected chi connectivity index (χ0v) is 22.8. The molecule has 3 rings (SSSR count). The van der Waals surface area contributed by atoms with E-state index in [0.29, 0.717) is 15.6 Å². The molecule has 1 N–H and O–H groups in total. The van der Waals surface area contributed by atoms with Crippen LogP contribution < -0.4 is 14.4 Å². The fraction of sp³-hybridized carbons (Fsp3) is 0.231. The molecular formula is C26H27Cl2N3O5S. The Balaban J connectivity index is 2.08. The SMILES string of the molecule is CNC(=O)C(C)N(Cc1ccc(Cl)cc1Cl)C(=O)CN(c1ccccc1OC)S(=O)(=O)c1ccccc1. The topological polar surface area (TPSA) is 96.0 Å². The van der Waals surface area contributed by atoms with Crippen LogP contribution in [-0.4, -0.2) is 51.9 Å². The summed E-state index contributed by atoms with van der Waals surface area (Å²) in [6, 6.07) is 18.2. The predicted molar refractivity (Wildman–Crippen MR) is 145 cm³/mol. The van der Waals surface area contributed by atoms with E-state index >= 15 is 0 Å². The molecule has 8 nitrogen and oxygen atoms in total. The lowest BCUT2D eigenvalue weighted by atomic mass is 10.1. The third-order valence-corrected chi connectivity index (χ3v) is 8.09.